The minimum atomic E-state index is -4.82. The van der Waals surface area contributed by atoms with Crippen molar-refractivity contribution in [1.82, 2.24) is 0 Å². The zero-order chi connectivity index (χ0) is 17.8. The number of nitro benzene ring substituents is 1. The van der Waals surface area contributed by atoms with E-state index in [0.29, 0.717) is 0 Å². The molecular formula is C14H6ClNO7S. The maximum Gasteiger partial charge on any atom is 0.295 e. The van der Waals surface area contributed by atoms with E-state index in [9.17, 15) is 32.7 Å². The molecule has 1 aliphatic rings. The lowest BCUT2D eigenvalue weighted by molar-refractivity contribution is -0.385. The largest absolute Gasteiger partial charge is 0.295 e. The third-order valence-electron chi connectivity index (χ3n) is 3.56. The minimum Gasteiger partial charge on any atom is -0.288 e. The summed E-state index contributed by atoms with van der Waals surface area (Å²) < 4.78 is 32.3. The number of nitro groups is 1. The van der Waals surface area contributed by atoms with Gasteiger partial charge in [-0.3, -0.25) is 24.3 Å². The predicted octanol–water partition coefficient (Wildman–Crippen LogP) is 2.27. The Balaban J connectivity index is 2.47. The molecule has 2 aromatic rings. The van der Waals surface area contributed by atoms with Crippen LogP contribution in [0.5, 0.6) is 0 Å². The number of rotatable bonds is 2. The molecular weight excluding hydrogens is 362 g/mol. The monoisotopic (exact) mass is 367 g/mol. The molecule has 1 aliphatic carbocycles. The third kappa shape index (κ3) is 2.21. The fourth-order valence-corrected chi connectivity index (χ4v) is 3.55. The summed E-state index contributed by atoms with van der Waals surface area (Å²) in [5.41, 5.74) is -2.55. The van der Waals surface area contributed by atoms with Crippen LogP contribution < -0.4 is 0 Å². The van der Waals surface area contributed by atoms with Crippen LogP contribution in [0.15, 0.2) is 35.2 Å². The Labute approximate surface area is 139 Å². The maximum absolute atomic E-state index is 12.7. The van der Waals surface area contributed by atoms with E-state index in [-0.39, 0.29) is 16.1 Å². The molecule has 0 amide bonds. The number of carbonyl (C=O) groups is 2. The maximum atomic E-state index is 12.7. The highest BCUT2D eigenvalue weighted by Gasteiger charge is 2.40. The normalized spacial score (nSPS) is 13.4. The highest BCUT2D eigenvalue weighted by atomic mass is 35.5. The SMILES string of the molecule is O=C1c2cccc(S(=O)(=O)O)c2C(=O)c2c([N+](=O)[O-])ccc(Cl)c21. The van der Waals surface area contributed by atoms with Gasteiger partial charge in [-0.15, -0.1) is 0 Å². The zero-order valence-electron chi connectivity index (χ0n) is 11.5. The molecule has 8 nitrogen and oxygen atoms in total. The molecule has 1 N–H and O–H groups in total. The molecule has 0 atom stereocenters. The highest BCUT2D eigenvalue weighted by molar-refractivity contribution is 7.86. The van der Waals surface area contributed by atoms with Crippen molar-refractivity contribution in [3.05, 3.63) is 67.7 Å². The van der Waals surface area contributed by atoms with Gasteiger partial charge in [-0.25, -0.2) is 0 Å². The topological polar surface area (TPSA) is 132 Å². The predicted molar refractivity (Wildman–Crippen MR) is 81.2 cm³/mol. The first-order valence-electron chi connectivity index (χ1n) is 6.31. The Kier molecular flexibility index (Phi) is 3.52. The van der Waals surface area contributed by atoms with E-state index in [1.165, 1.54) is 12.1 Å². The summed E-state index contributed by atoms with van der Waals surface area (Å²) in [6.45, 7) is 0. The summed E-state index contributed by atoms with van der Waals surface area (Å²) in [5.74, 6) is -1.90. The van der Waals surface area contributed by atoms with Gasteiger partial charge in [0, 0.05) is 11.6 Å². The summed E-state index contributed by atoms with van der Waals surface area (Å²) >= 11 is 5.91. The van der Waals surface area contributed by atoms with Crippen LogP contribution in [0.2, 0.25) is 5.02 Å². The highest BCUT2D eigenvalue weighted by Crippen LogP contribution is 2.38. The van der Waals surface area contributed by atoms with Gasteiger partial charge in [-0.05, 0) is 12.1 Å². The average Bonchev–Trinajstić information content (AvgIpc) is 2.50. The van der Waals surface area contributed by atoms with E-state index in [1.807, 2.05) is 0 Å². The Morgan fingerprint density at radius 1 is 1.00 bits per heavy atom. The van der Waals surface area contributed by atoms with Gasteiger partial charge in [0.25, 0.3) is 15.8 Å². The average molecular weight is 368 g/mol. The van der Waals surface area contributed by atoms with Crippen molar-refractivity contribution in [2.24, 2.45) is 0 Å². The van der Waals surface area contributed by atoms with Gasteiger partial charge >= 0.3 is 0 Å². The van der Waals surface area contributed by atoms with Crippen molar-refractivity contribution in [3.63, 3.8) is 0 Å². The molecule has 10 heteroatoms. The zero-order valence-corrected chi connectivity index (χ0v) is 13.1. The smallest absolute Gasteiger partial charge is 0.288 e. The van der Waals surface area contributed by atoms with E-state index < -0.39 is 48.3 Å². The van der Waals surface area contributed by atoms with E-state index >= 15 is 0 Å². The summed E-state index contributed by atoms with van der Waals surface area (Å²) in [6.07, 6.45) is 0. The molecule has 0 aromatic heterocycles. The molecule has 0 radical (unpaired) electrons. The quantitative estimate of drug-likeness (QED) is 0.417. The van der Waals surface area contributed by atoms with Gasteiger partial charge in [0.15, 0.2) is 5.78 Å². The summed E-state index contributed by atoms with van der Waals surface area (Å²) in [7, 11) is -4.82. The molecule has 3 rings (SSSR count). The van der Waals surface area contributed by atoms with Crippen molar-refractivity contribution in [3.8, 4) is 0 Å². The van der Waals surface area contributed by atoms with E-state index in [2.05, 4.69) is 0 Å². The van der Waals surface area contributed by atoms with Crippen molar-refractivity contribution in [1.29, 1.82) is 0 Å². The van der Waals surface area contributed by atoms with Gasteiger partial charge < -0.3 is 0 Å². The number of hydrogen-bond acceptors (Lipinski definition) is 6. The lowest BCUT2D eigenvalue weighted by Gasteiger charge is -2.19. The van der Waals surface area contributed by atoms with E-state index in [4.69, 9.17) is 11.6 Å². The first kappa shape index (κ1) is 16.2. The van der Waals surface area contributed by atoms with E-state index in [0.717, 1.165) is 18.2 Å². The van der Waals surface area contributed by atoms with Crippen LogP contribution in [0, 0.1) is 10.1 Å². The third-order valence-corrected chi connectivity index (χ3v) is 4.77. The molecule has 0 bridgehead atoms. The molecule has 0 heterocycles. The first-order chi connectivity index (χ1) is 11.1. The van der Waals surface area contributed by atoms with Crippen molar-refractivity contribution in [2.75, 3.05) is 0 Å². The Morgan fingerprint density at radius 2 is 1.67 bits per heavy atom. The van der Waals surface area contributed by atoms with Gasteiger partial charge in [-0.2, -0.15) is 8.42 Å². The molecule has 0 saturated carbocycles. The fourth-order valence-electron chi connectivity index (χ4n) is 2.60. The molecule has 0 aliphatic heterocycles. The Bertz CT molecular complexity index is 1060. The number of hydrogen-bond donors (Lipinski definition) is 1. The Morgan fingerprint density at radius 3 is 2.25 bits per heavy atom. The number of benzene rings is 2. The van der Waals surface area contributed by atoms with Gasteiger partial charge in [0.2, 0.25) is 5.78 Å². The lowest BCUT2D eigenvalue weighted by Crippen LogP contribution is -2.25. The number of nitrogens with zero attached hydrogens (tertiary/aromatic N) is 1. The second-order valence-corrected chi connectivity index (χ2v) is 6.68. The number of ketones is 2. The van der Waals surface area contributed by atoms with Crippen LogP contribution in [0.25, 0.3) is 0 Å². The molecule has 122 valence electrons. The molecule has 2 aromatic carbocycles. The number of halogens is 1. The minimum absolute atomic E-state index is 0.170. The Hall–Kier alpha value is -2.62. The van der Waals surface area contributed by atoms with Crippen molar-refractivity contribution < 1.29 is 27.5 Å². The van der Waals surface area contributed by atoms with Crippen LogP contribution >= 0.6 is 11.6 Å². The number of carbonyl (C=O) groups excluding carboxylic acids is 2. The second-order valence-electron chi connectivity index (χ2n) is 4.89. The summed E-state index contributed by atoms with van der Waals surface area (Å²) in [6, 6.07) is 5.35. The van der Waals surface area contributed by atoms with Gasteiger partial charge in [0.05, 0.1) is 21.1 Å². The van der Waals surface area contributed by atoms with Gasteiger partial charge in [-0.1, -0.05) is 23.7 Å². The van der Waals surface area contributed by atoms with Crippen LogP contribution in [0.1, 0.15) is 31.8 Å². The van der Waals surface area contributed by atoms with Gasteiger partial charge in [0.1, 0.15) is 10.5 Å². The number of fused-ring (bicyclic) bond motifs is 2. The molecule has 0 unspecified atom stereocenters. The van der Waals surface area contributed by atoms with Crippen LogP contribution in [-0.2, 0) is 10.1 Å². The first-order valence-corrected chi connectivity index (χ1v) is 8.13. The molecule has 0 saturated heterocycles. The summed E-state index contributed by atoms with van der Waals surface area (Å²) in [5, 5.41) is 11.0. The van der Waals surface area contributed by atoms with Crippen LogP contribution in [-0.4, -0.2) is 29.5 Å². The molecule has 0 fully saturated rings. The second kappa shape index (κ2) is 5.20. The van der Waals surface area contributed by atoms with Crippen molar-refractivity contribution >= 4 is 39.0 Å². The fraction of sp³-hybridized carbons (Fsp3) is 0. The van der Waals surface area contributed by atoms with Crippen molar-refractivity contribution in [2.45, 2.75) is 4.90 Å². The standard InChI is InChI=1S/C14H6ClNO7S/c15-7-4-5-8(16(19)20)12-11(7)13(17)6-2-1-3-9(24(21,22)23)10(6)14(12)18/h1-5H,(H,21,22,23). The lowest BCUT2D eigenvalue weighted by atomic mass is 9.83. The van der Waals surface area contributed by atoms with E-state index in [1.54, 1.807) is 0 Å². The molecule has 0 spiro atoms. The van der Waals surface area contributed by atoms with Crippen LogP contribution in [0.3, 0.4) is 0 Å². The molecule has 24 heavy (non-hydrogen) atoms. The summed E-state index contributed by atoms with van der Waals surface area (Å²) in [4.78, 5) is 34.8. The van der Waals surface area contributed by atoms with Crippen LogP contribution in [0.4, 0.5) is 5.69 Å².